The van der Waals surface area contributed by atoms with Crippen LogP contribution in [0.1, 0.15) is 79.4 Å². The summed E-state index contributed by atoms with van der Waals surface area (Å²) in [5, 5.41) is 21.0. The molecule has 0 saturated carbocycles. The maximum atomic E-state index is 13.1. The number of aromatic nitrogens is 1. The van der Waals surface area contributed by atoms with Crippen LogP contribution in [0.5, 0.6) is 0 Å². The average molecular weight is 511 g/mol. The summed E-state index contributed by atoms with van der Waals surface area (Å²) in [6.45, 7) is 11.9. The summed E-state index contributed by atoms with van der Waals surface area (Å²) in [5.74, 6) is -0.449. The third-order valence-electron chi connectivity index (χ3n) is 5.08. The van der Waals surface area contributed by atoms with Gasteiger partial charge in [0.1, 0.15) is 17.3 Å². The van der Waals surface area contributed by atoms with E-state index in [2.05, 4.69) is 4.98 Å². The standard InChI is InChI=1S/C25H38N2O9/c1-8-33-20(29)10-9-18-21(30)17(28)13-19(34-18)15-11-12-26-14-16(15)27(22(31)35-24(2,3)4)23(32)36-25(5,6)7/h11-12,14,17-19,21,28,30H,8-10,13H2,1-7H3/t17-,18-,19+,21-/m1/s1. The van der Waals surface area contributed by atoms with Crippen LogP contribution >= 0.6 is 0 Å². The van der Waals surface area contributed by atoms with Crippen LogP contribution in [-0.4, -0.2) is 69.5 Å². The summed E-state index contributed by atoms with van der Waals surface area (Å²) in [5.41, 5.74) is -1.40. The molecule has 1 fully saturated rings. The van der Waals surface area contributed by atoms with Gasteiger partial charge in [0.15, 0.2) is 0 Å². The number of esters is 1. The maximum absolute atomic E-state index is 13.1. The Balaban J connectivity index is 2.42. The predicted octanol–water partition coefficient (Wildman–Crippen LogP) is 3.65. The van der Waals surface area contributed by atoms with Gasteiger partial charge in [-0.05, 0) is 61.0 Å². The Morgan fingerprint density at radius 3 is 2.19 bits per heavy atom. The zero-order valence-corrected chi connectivity index (χ0v) is 22.0. The Labute approximate surface area is 211 Å². The number of ether oxygens (including phenoxy) is 4. The van der Waals surface area contributed by atoms with Gasteiger partial charge in [0, 0.05) is 24.6 Å². The summed E-state index contributed by atoms with van der Waals surface area (Å²) in [6.07, 6.45) is -3.24. The molecule has 11 nitrogen and oxygen atoms in total. The van der Waals surface area contributed by atoms with Crippen LogP contribution in [0.25, 0.3) is 0 Å². The highest BCUT2D eigenvalue weighted by molar-refractivity contribution is 6.10. The molecule has 1 aromatic rings. The molecule has 0 aliphatic carbocycles. The number of pyridine rings is 1. The van der Waals surface area contributed by atoms with Gasteiger partial charge in [0.05, 0.1) is 36.8 Å². The van der Waals surface area contributed by atoms with Gasteiger partial charge in [-0.15, -0.1) is 0 Å². The van der Waals surface area contributed by atoms with Crippen molar-refractivity contribution in [3.8, 4) is 0 Å². The molecule has 1 aromatic heterocycles. The first kappa shape index (κ1) is 29.5. The van der Waals surface area contributed by atoms with E-state index in [9.17, 15) is 24.6 Å². The highest BCUT2D eigenvalue weighted by atomic mass is 16.6. The molecule has 0 spiro atoms. The summed E-state index contributed by atoms with van der Waals surface area (Å²) >= 11 is 0. The fourth-order valence-corrected chi connectivity index (χ4v) is 3.63. The van der Waals surface area contributed by atoms with Crippen LogP contribution in [0.2, 0.25) is 0 Å². The van der Waals surface area contributed by atoms with E-state index in [0.29, 0.717) is 5.56 Å². The fourth-order valence-electron chi connectivity index (χ4n) is 3.63. The van der Waals surface area contributed by atoms with Crippen molar-refractivity contribution >= 4 is 23.8 Å². The minimum absolute atomic E-state index is 0.0137. The molecule has 1 aliphatic rings. The number of carbonyl (C=O) groups excluding carboxylic acids is 3. The number of carbonyl (C=O) groups is 3. The second kappa shape index (κ2) is 12.0. The second-order valence-electron chi connectivity index (χ2n) is 10.5. The Morgan fingerprint density at radius 2 is 1.67 bits per heavy atom. The minimum Gasteiger partial charge on any atom is -0.466 e. The molecule has 0 unspecified atom stereocenters. The number of hydrogen-bond donors (Lipinski definition) is 2. The number of imide groups is 1. The lowest BCUT2D eigenvalue weighted by atomic mass is 9.91. The maximum Gasteiger partial charge on any atom is 0.424 e. The lowest BCUT2D eigenvalue weighted by Crippen LogP contribution is -2.47. The minimum atomic E-state index is -1.23. The molecule has 1 aliphatic heterocycles. The van der Waals surface area contributed by atoms with E-state index >= 15 is 0 Å². The lowest BCUT2D eigenvalue weighted by molar-refractivity contribution is -0.175. The molecule has 4 atom stereocenters. The SMILES string of the molecule is CCOC(=O)CC[C@H]1O[C@H](c2ccncc2N(C(=O)OC(C)(C)C)C(=O)OC(C)(C)C)C[C@@H](O)[C@H]1O. The molecular formula is C25H38N2O9. The number of aliphatic hydroxyl groups is 2. The highest BCUT2D eigenvalue weighted by Gasteiger charge is 2.41. The van der Waals surface area contributed by atoms with Gasteiger partial charge in [-0.1, -0.05) is 0 Å². The smallest absolute Gasteiger partial charge is 0.424 e. The van der Waals surface area contributed by atoms with Gasteiger partial charge >= 0.3 is 18.2 Å². The third-order valence-corrected chi connectivity index (χ3v) is 5.08. The Kier molecular flexibility index (Phi) is 9.81. The zero-order valence-electron chi connectivity index (χ0n) is 22.0. The summed E-state index contributed by atoms with van der Waals surface area (Å²) in [6, 6.07) is 1.55. The van der Waals surface area contributed by atoms with Crippen LogP contribution in [0.3, 0.4) is 0 Å². The van der Waals surface area contributed by atoms with Crippen molar-refractivity contribution in [2.24, 2.45) is 0 Å². The first-order valence-corrected chi connectivity index (χ1v) is 12.0. The van der Waals surface area contributed by atoms with Crippen LogP contribution in [-0.2, 0) is 23.7 Å². The number of rotatable bonds is 6. The van der Waals surface area contributed by atoms with E-state index in [1.54, 1.807) is 54.5 Å². The first-order chi connectivity index (χ1) is 16.6. The molecule has 2 heterocycles. The molecule has 11 heteroatoms. The largest absolute Gasteiger partial charge is 0.466 e. The predicted molar refractivity (Wildman–Crippen MR) is 129 cm³/mol. The number of anilines is 1. The number of amides is 2. The van der Waals surface area contributed by atoms with Gasteiger partial charge in [0.25, 0.3) is 0 Å². The third kappa shape index (κ3) is 8.42. The van der Waals surface area contributed by atoms with Gasteiger partial charge < -0.3 is 29.2 Å². The van der Waals surface area contributed by atoms with Crippen LogP contribution in [0.15, 0.2) is 18.5 Å². The molecule has 0 aromatic carbocycles. The molecule has 2 rings (SSSR count). The van der Waals surface area contributed by atoms with Crippen molar-refractivity contribution in [1.29, 1.82) is 0 Å². The van der Waals surface area contributed by atoms with Crippen LogP contribution in [0.4, 0.5) is 15.3 Å². The quantitative estimate of drug-likeness (QED) is 0.430. The lowest BCUT2D eigenvalue weighted by Gasteiger charge is -2.38. The Bertz CT molecular complexity index is 895. The van der Waals surface area contributed by atoms with Crippen LogP contribution in [0, 0.1) is 0 Å². The Morgan fingerprint density at radius 1 is 1.08 bits per heavy atom. The van der Waals surface area contributed by atoms with E-state index in [-0.39, 0.29) is 31.6 Å². The molecule has 2 amide bonds. The molecule has 0 radical (unpaired) electrons. The molecular weight excluding hydrogens is 472 g/mol. The normalized spacial score (nSPS) is 22.5. The van der Waals surface area contributed by atoms with Gasteiger partial charge in [-0.25, -0.2) is 9.59 Å². The molecule has 36 heavy (non-hydrogen) atoms. The van der Waals surface area contributed by atoms with Crippen molar-refractivity contribution < 1.29 is 43.5 Å². The van der Waals surface area contributed by atoms with Crippen molar-refractivity contribution in [1.82, 2.24) is 4.98 Å². The monoisotopic (exact) mass is 510 g/mol. The second-order valence-corrected chi connectivity index (χ2v) is 10.5. The van der Waals surface area contributed by atoms with E-state index in [1.807, 2.05) is 0 Å². The number of nitrogens with zero attached hydrogens (tertiary/aromatic N) is 2. The summed E-state index contributed by atoms with van der Waals surface area (Å²) in [7, 11) is 0. The highest BCUT2D eigenvalue weighted by Crippen LogP contribution is 2.38. The molecule has 0 bridgehead atoms. The van der Waals surface area contributed by atoms with Gasteiger partial charge in [-0.3, -0.25) is 9.78 Å². The molecule has 1 saturated heterocycles. The summed E-state index contributed by atoms with van der Waals surface area (Å²) < 4.78 is 21.9. The van der Waals surface area contributed by atoms with E-state index < -0.39 is 53.8 Å². The Hall–Kier alpha value is -2.76. The molecule has 2 N–H and O–H groups in total. The molecule has 202 valence electrons. The zero-order chi connectivity index (χ0) is 27.3. The van der Waals surface area contributed by atoms with E-state index in [4.69, 9.17) is 18.9 Å². The van der Waals surface area contributed by atoms with E-state index in [0.717, 1.165) is 4.90 Å². The van der Waals surface area contributed by atoms with Gasteiger partial charge in [0.2, 0.25) is 0 Å². The van der Waals surface area contributed by atoms with Crippen molar-refractivity contribution in [2.75, 3.05) is 11.5 Å². The van der Waals surface area contributed by atoms with Crippen molar-refractivity contribution in [3.63, 3.8) is 0 Å². The average Bonchev–Trinajstić information content (AvgIpc) is 2.73. The fraction of sp³-hybridized carbons (Fsp3) is 0.680. The van der Waals surface area contributed by atoms with Crippen molar-refractivity contribution in [2.45, 2.75) is 103 Å². The van der Waals surface area contributed by atoms with Gasteiger partial charge in [-0.2, -0.15) is 4.90 Å². The number of aliphatic hydroxyl groups excluding tert-OH is 2. The first-order valence-electron chi connectivity index (χ1n) is 12.0. The van der Waals surface area contributed by atoms with Crippen LogP contribution < -0.4 is 4.90 Å². The van der Waals surface area contributed by atoms with Crippen molar-refractivity contribution in [3.05, 3.63) is 24.0 Å². The summed E-state index contributed by atoms with van der Waals surface area (Å²) in [4.78, 5) is 42.9. The number of hydrogen-bond acceptors (Lipinski definition) is 10. The topological polar surface area (TPSA) is 145 Å². The van der Waals surface area contributed by atoms with E-state index in [1.165, 1.54) is 12.4 Å².